The van der Waals surface area contributed by atoms with Crippen LogP contribution in [0.15, 0.2) is 29.2 Å². The van der Waals surface area contributed by atoms with Crippen molar-refractivity contribution in [3.63, 3.8) is 0 Å². The summed E-state index contributed by atoms with van der Waals surface area (Å²) in [4.78, 5) is 21.0. The minimum Gasteiger partial charge on any atom is -0.381 e. The van der Waals surface area contributed by atoms with E-state index in [1.165, 1.54) is 10.4 Å². The average Bonchev–Trinajstić information content (AvgIpc) is 3.65. The van der Waals surface area contributed by atoms with Crippen molar-refractivity contribution in [1.29, 1.82) is 0 Å². The van der Waals surface area contributed by atoms with Gasteiger partial charge in [0, 0.05) is 30.8 Å². The first-order valence-corrected chi connectivity index (χ1v) is 17.7. The highest BCUT2D eigenvalue weighted by Gasteiger charge is 2.31. The summed E-state index contributed by atoms with van der Waals surface area (Å²) in [7, 11) is -3.66. The highest BCUT2D eigenvalue weighted by Crippen LogP contribution is 2.40. The molecule has 1 aliphatic heterocycles. The number of sulfone groups is 1. The van der Waals surface area contributed by atoms with Crippen molar-refractivity contribution in [3.05, 3.63) is 35.7 Å². The van der Waals surface area contributed by atoms with Gasteiger partial charge in [-0.3, -0.25) is 9.13 Å². The maximum Gasteiger partial charge on any atom is 0.295 e. The Morgan fingerprint density at radius 1 is 1.22 bits per heavy atom. The largest absolute Gasteiger partial charge is 0.381 e. The number of hydrogen-bond acceptors (Lipinski definition) is 7. The van der Waals surface area contributed by atoms with Crippen LogP contribution in [-0.4, -0.2) is 48.1 Å². The summed E-state index contributed by atoms with van der Waals surface area (Å²) in [5.74, 6) is -0.449. The summed E-state index contributed by atoms with van der Waals surface area (Å²) in [6.07, 6.45) is 1.55. The summed E-state index contributed by atoms with van der Waals surface area (Å²) in [6.45, 7) is 1.22. The van der Waals surface area contributed by atoms with Gasteiger partial charge in [-0.15, -0.1) is 0 Å². The number of anilines is 3. The smallest absolute Gasteiger partial charge is 0.295 e. The molecule has 2 aliphatic rings. The Labute approximate surface area is 227 Å². The summed E-state index contributed by atoms with van der Waals surface area (Å²) in [5, 5.41) is 5.85. The number of hydrogen-bond donors (Lipinski definition) is 2. The second kappa shape index (κ2) is 10.7. The number of nitrogens with zero attached hydrogens (tertiary/aromatic N) is 3. The number of ether oxygens (including phenoxy) is 1. The minimum absolute atomic E-state index is 0.0772. The third kappa shape index (κ3) is 5.74. The van der Waals surface area contributed by atoms with Crippen LogP contribution in [0.1, 0.15) is 49.4 Å². The standard InChI is InChI=1S/C23H25F2IN5O4PS/c1-37(33,34)17-9-13(14-3-2-8-35-11-14)6-7-15(17)27-16-10-18(29-23(32)12-4-5-12)28-21-19(16)30-22(20(24)25)31(21)36-26/h6-7,9-10,12,14,20,36H,2-5,8,11H2,1H3,(H2,27,28,29,32). The van der Waals surface area contributed by atoms with E-state index < -0.39 is 22.1 Å². The van der Waals surface area contributed by atoms with E-state index in [2.05, 4.69) is 20.6 Å². The van der Waals surface area contributed by atoms with Gasteiger partial charge in [-0.2, -0.15) is 0 Å². The van der Waals surface area contributed by atoms with Crippen LogP contribution in [0.25, 0.3) is 11.2 Å². The van der Waals surface area contributed by atoms with Crippen LogP contribution in [-0.2, 0) is 19.4 Å². The molecule has 0 radical (unpaired) electrons. The van der Waals surface area contributed by atoms with Crippen LogP contribution in [0, 0.1) is 5.92 Å². The number of alkyl halides is 2. The summed E-state index contributed by atoms with van der Waals surface area (Å²) >= 11 is 1.97. The van der Waals surface area contributed by atoms with Crippen LogP contribution in [0.3, 0.4) is 0 Å². The molecule has 0 spiro atoms. The Bertz CT molecular complexity index is 1460. The lowest BCUT2D eigenvalue weighted by molar-refractivity contribution is -0.117. The molecule has 5 rings (SSSR count). The highest BCUT2D eigenvalue weighted by molar-refractivity contribution is 14.2. The molecule has 0 bridgehead atoms. The molecule has 3 aromatic rings. The van der Waals surface area contributed by atoms with E-state index in [9.17, 15) is 22.0 Å². The van der Waals surface area contributed by atoms with Gasteiger partial charge >= 0.3 is 0 Å². The molecule has 14 heteroatoms. The number of amides is 1. The van der Waals surface area contributed by atoms with Crippen LogP contribution in [0.5, 0.6) is 0 Å². The van der Waals surface area contributed by atoms with Gasteiger partial charge < -0.3 is 15.4 Å². The van der Waals surface area contributed by atoms with E-state index in [1.807, 2.05) is 28.1 Å². The molecule has 2 atom stereocenters. The fraction of sp³-hybridized carbons (Fsp3) is 0.435. The van der Waals surface area contributed by atoms with E-state index in [0.29, 0.717) is 13.2 Å². The predicted octanol–water partition coefficient (Wildman–Crippen LogP) is 5.55. The van der Waals surface area contributed by atoms with Crippen molar-refractivity contribution < 1.29 is 26.7 Å². The normalized spacial score (nSPS) is 18.7. The molecule has 198 valence electrons. The van der Waals surface area contributed by atoms with Gasteiger partial charge in [-0.1, -0.05) is 6.07 Å². The number of halogens is 3. The number of imidazole rings is 1. The Kier molecular flexibility index (Phi) is 7.68. The van der Waals surface area contributed by atoms with Gasteiger partial charge in [0.15, 0.2) is 21.3 Å². The van der Waals surface area contributed by atoms with Gasteiger partial charge in [0.1, 0.15) is 11.3 Å². The van der Waals surface area contributed by atoms with Crippen molar-refractivity contribution in [1.82, 2.24) is 14.3 Å². The number of pyridine rings is 1. The van der Waals surface area contributed by atoms with Gasteiger partial charge in [0.25, 0.3) is 6.43 Å². The van der Waals surface area contributed by atoms with Gasteiger partial charge in [0.05, 0.1) is 29.3 Å². The van der Waals surface area contributed by atoms with E-state index >= 15 is 0 Å². The van der Waals surface area contributed by atoms with Crippen LogP contribution >= 0.6 is 28.4 Å². The van der Waals surface area contributed by atoms with Crippen molar-refractivity contribution >= 4 is 72.5 Å². The zero-order valence-electron chi connectivity index (χ0n) is 19.8. The summed E-state index contributed by atoms with van der Waals surface area (Å²) < 4.78 is 60.0. The van der Waals surface area contributed by atoms with Crippen molar-refractivity contribution in [2.75, 3.05) is 30.1 Å². The van der Waals surface area contributed by atoms with Crippen molar-refractivity contribution in [2.24, 2.45) is 5.92 Å². The Morgan fingerprint density at radius 3 is 2.62 bits per heavy atom. The predicted molar refractivity (Wildman–Crippen MR) is 147 cm³/mol. The first-order valence-electron chi connectivity index (χ1n) is 11.7. The van der Waals surface area contributed by atoms with E-state index in [0.717, 1.165) is 37.5 Å². The zero-order chi connectivity index (χ0) is 26.3. The van der Waals surface area contributed by atoms with Crippen molar-refractivity contribution in [2.45, 2.75) is 42.9 Å². The quantitative estimate of drug-likeness (QED) is 0.240. The second-order valence-corrected chi connectivity index (χ2v) is 13.3. The van der Waals surface area contributed by atoms with Crippen LogP contribution in [0.4, 0.5) is 26.0 Å². The van der Waals surface area contributed by atoms with Gasteiger partial charge in [-0.25, -0.2) is 27.2 Å². The molecule has 1 saturated carbocycles. The van der Waals surface area contributed by atoms with E-state index in [1.54, 1.807) is 12.1 Å². The van der Waals surface area contributed by atoms with E-state index in [-0.39, 0.29) is 57.4 Å². The number of carbonyl (C=O) groups excluding carboxylic acids is 1. The molecule has 1 saturated heterocycles. The summed E-state index contributed by atoms with van der Waals surface area (Å²) in [5.41, 5.74) is 1.74. The summed E-state index contributed by atoms with van der Waals surface area (Å²) in [6, 6.07) is 6.65. The zero-order valence-corrected chi connectivity index (χ0v) is 23.8. The molecule has 1 aliphatic carbocycles. The Balaban J connectivity index is 1.60. The second-order valence-electron chi connectivity index (χ2n) is 9.25. The molecule has 1 aromatic carbocycles. The monoisotopic (exact) mass is 663 g/mol. The molecule has 2 aromatic heterocycles. The number of rotatable bonds is 8. The Morgan fingerprint density at radius 2 is 2.00 bits per heavy atom. The first kappa shape index (κ1) is 26.6. The molecular weight excluding hydrogens is 638 g/mol. The lowest BCUT2D eigenvalue weighted by Crippen LogP contribution is -2.16. The maximum absolute atomic E-state index is 13.8. The van der Waals surface area contributed by atoms with Crippen LogP contribution < -0.4 is 10.6 Å². The molecule has 1 amide bonds. The topological polar surface area (TPSA) is 115 Å². The molecule has 2 N–H and O–H groups in total. The SMILES string of the molecule is CS(=O)(=O)c1cc(C2CCCOC2)ccc1Nc1cc(NC(=O)C2CC2)nc2c1nc(C(F)F)n2PI. The first-order chi connectivity index (χ1) is 17.7. The number of nitrogens with one attached hydrogen (secondary N) is 2. The third-order valence-electron chi connectivity index (χ3n) is 6.43. The lowest BCUT2D eigenvalue weighted by Gasteiger charge is -2.23. The molecule has 2 fully saturated rings. The highest BCUT2D eigenvalue weighted by atomic mass is 127. The lowest BCUT2D eigenvalue weighted by atomic mass is 9.93. The molecule has 9 nitrogen and oxygen atoms in total. The molecular formula is C23H25F2IN5O4PS. The fourth-order valence-electron chi connectivity index (χ4n) is 4.38. The molecule has 3 heterocycles. The minimum atomic E-state index is -3.66. The van der Waals surface area contributed by atoms with Gasteiger partial charge in [-0.05, 0) is 65.4 Å². The number of aromatic nitrogens is 3. The van der Waals surface area contributed by atoms with E-state index in [4.69, 9.17) is 4.74 Å². The molecule has 37 heavy (non-hydrogen) atoms. The van der Waals surface area contributed by atoms with Crippen LogP contribution in [0.2, 0.25) is 0 Å². The Hall–Kier alpha value is -1.96. The number of carbonyl (C=O) groups is 1. The number of benzene rings is 1. The van der Waals surface area contributed by atoms with Gasteiger partial charge in [0.2, 0.25) is 5.91 Å². The fourth-order valence-corrected chi connectivity index (χ4v) is 7.14. The third-order valence-corrected chi connectivity index (χ3v) is 9.62. The number of fused-ring (bicyclic) bond motifs is 1. The average molecular weight is 663 g/mol. The van der Waals surface area contributed by atoms with Crippen molar-refractivity contribution in [3.8, 4) is 0 Å². The maximum atomic E-state index is 13.8. The molecule has 2 unspecified atom stereocenters.